The number of ether oxygens (including phenoxy) is 1. The van der Waals surface area contributed by atoms with Crippen molar-refractivity contribution in [3.63, 3.8) is 0 Å². The predicted octanol–water partition coefficient (Wildman–Crippen LogP) is 3.07. The molecule has 1 aliphatic heterocycles. The predicted molar refractivity (Wildman–Crippen MR) is 92.5 cm³/mol. The number of carbonyl (C=O) groups is 1. The fraction of sp³-hybridized carbons (Fsp3) is 0.250. The molecule has 1 aliphatic rings. The smallest absolute Gasteiger partial charge is 0.257 e. The highest BCUT2D eigenvalue weighted by molar-refractivity contribution is 6.30. The Morgan fingerprint density at radius 3 is 2.74 bits per heavy atom. The molecule has 1 saturated heterocycles. The number of rotatable bonds is 3. The quantitative estimate of drug-likeness (QED) is 0.889. The molecule has 1 fully saturated rings. The summed E-state index contributed by atoms with van der Waals surface area (Å²) in [7, 11) is 0. The fourth-order valence-corrected chi connectivity index (χ4v) is 2.47. The maximum Gasteiger partial charge on any atom is 0.257 e. The number of amides is 1. The van der Waals surface area contributed by atoms with Gasteiger partial charge in [-0.05, 0) is 23.8 Å². The van der Waals surface area contributed by atoms with Gasteiger partial charge in [0.05, 0.1) is 23.3 Å². The number of hydrogen-bond acceptors (Lipinski definition) is 4. The van der Waals surface area contributed by atoms with Gasteiger partial charge in [0.2, 0.25) is 0 Å². The summed E-state index contributed by atoms with van der Waals surface area (Å²) in [5.41, 5.74) is 2.24. The summed E-state index contributed by atoms with van der Waals surface area (Å²) in [6, 6.07) is 9.24. The summed E-state index contributed by atoms with van der Waals surface area (Å²) in [6.45, 7) is 2.41. The largest absolute Gasteiger partial charge is 0.371 e. The molecule has 1 unspecified atom stereocenters. The van der Waals surface area contributed by atoms with Crippen LogP contribution in [0.2, 0.25) is 5.02 Å². The normalized spacial score (nSPS) is 17.2. The van der Waals surface area contributed by atoms with Crippen LogP contribution in [0.25, 0.3) is 0 Å². The minimum atomic E-state index is -0.238. The zero-order chi connectivity index (χ0) is 15.4. The molecule has 3 rings (SSSR count). The lowest BCUT2D eigenvalue weighted by Crippen LogP contribution is -2.33. The van der Waals surface area contributed by atoms with Gasteiger partial charge in [0.25, 0.3) is 5.91 Å². The number of aromatic nitrogens is 1. The molecule has 5 nitrogen and oxygen atoms in total. The van der Waals surface area contributed by atoms with Gasteiger partial charge in [-0.15, -0.1) is 12.4 Å². The summed E-state index contributed by atoms with van der Waals surface area (Å²) in [5, 5.41) is 6.55. The Morgan fingerprint density at radius 1 is 1.30 bits per heavy atom. The van der Waals surface area contributed by atoms with E-state index >= 15 is 0 Å². The summed E-state index contributed by atoms with van der Waals surface area (Å²) in [6.07, 6.45) is 3.04. The molecular weight excluding hydrogens is 337 g/mol. The first-order valence-electron chi connectivity index (χ1n) is 7.06. The lowest BCUT2D eigenvalue weighted by molar-refractivity contribution is 0.0277. The van der Waals surface area contributed by atoms with Crippen LogP contribution in [0.3, 0.4) is 0 Å². The second-order valence-corrected chi connectivity index (χ2v) is 5.47. The van der Waals surface area contributed by atoms with Crippen LogP contribution >= 0.6 is 24.0 Å². The Morgan fingerprint density at radius 2 is 2.09 bits per heavy atom. The Hall–Kier alpha value is -1.66. The third kappa shape index (κ3) is 4.65. The van der Waals surface area contributed by atoms with E-state index in [1.807, 2.05) is 24.3 Å². The molecule has 0 aliphatic carbocycles. The molecule has 1 amide bonds. The summed E-state index contributed by atoms with van der Waals surface area (Å²) >= 11 is 5.84. The molecule has 0 bridgehead atoms. The first-order chi connectivity index (χ1) is 10.7. The number of anilines is 1. The Kier molecular flexibility index (Phi) is 6.36. The maximum atomic E-state index is 12.1. The molecule has 1 atom stereocenters. The van der Waals surface area contributed by atoms with Crippen LogP contribution < -0.4 is 10.6 Å². The van der Waals surface area contributed by atoms with Gasteiger partial charge in [-0.2, -0.15) is 0 Å². The molecule has 2 aromatic rings. The number of halogens is 2. The molecule has 0 radical (unpaired) electrons. The van der Waals surface area contributed by atoms with Crippen molar-refractivity contribution >= 4 is 35.6 Å². The van der Waals surface area contributed by atoms with Crippen LogP contribution in [0.4, 0.5) is 5.69 Å². The Balaban J connectivity index is 0.00000192. The van der Waals surface area contributed by atoms with E-state index in [1.54, 1.807) is 6.07 Å². The van der Waals surface area contributed by atoms with Crippen molar-refractivity contribution in [1.29, 1.82) is 0 Å². The van der Waals surface area contributed by atoms with Crippen molar-refractivity contribution in [2.24, 2.45) is 0 Å². The molecule has 0 spiro atoms. The minimum Gasteiger partial charge on any atom is -0.371 e. The van der Waals surface area contributed by atoms with Gasteiger partial charge in [-0.1, -0.05) is 23.7 Å². The van der Waals surface area contributed by atoms with Crippen molar-refractivity contribution in [3.8, 4) is 0 Å². The standard InChI is InChI=1S/C16H16ClN3O2.ClH/c17-13-7-12(8-19-9-13)16(21)20-14-3-1-11(2-4-14)15-10-18-5-6-22-15;/h1-4,7-9,15,18H,5-6,10H2,(H,20,21);1H. The monoisotopic (exact) mass is 353 g/mol. The van der Waals surface area contributed by atoms with E-state index in [0.717, 1.165) is 24.3 Å². The molecule has 1 aromatic heterocycles. The lowest BCUT2D eigenvalue weighted by Gasteiger charge is -2.24. The summed E-state index contributed by atoms with van der Waals surface area (Å²) in [4.78, 5) is 16.0. The molecule has 122 valence electrons. The Bertz CT molecular complexity index is 659. The van der Waals surface area contributed by atoms with Gasteiger partial charge >= 0.3 is 0 Å². The number of pyridine rings is 1. The van der Waals surface area contributed by atoms with Crippen molar-refractivity contribution < 1.29 is 9.53 Å². The minimum absolute atomic E-state index is 0. The van der Waals surface area contributed by atoms with E-state index in [9.17, 15) is 4.79 Å². The molecular formula is C16H17Cl2N3O2. The van der Waals surface area contributed by atoms with E-state index in [-0.39, 0.29) is 24.4 Å². The van der Waals surface area contributed by atoms with E-state index < -0.39 is 0 Å². The highest BCUT2D eigenvalue weighted by atomic mass is 35.5. The van der Waals surface area contributed by atoms with Gasteiger partial charge in [0, 0.05) is 31.2 Å². The number of benzene rings is 1. The average molecular weight is 354 g/mol. The number of nitrogens with zero attached hydrogens (tertiary/aromatic N) is 1. The first-order valence-corrected chi connectivity index (χ1v) is 7.44. The number of morpholine rings is 1. The van der Waals surface area contributed by atoms with Crippen LogP contribution in [0.15, 0.2) is 42.7 Å². The molecule has 1 aromatic carbocycles. The third-order valence-corrected chi connectivity index (χ3v) is 3.64. The first kappa shape index (κ1) is 17.7. The highest BCUT2D eigenvalue weighted by Gasteiger charge is 2.15. The zero-order valence-electron chi connectivity index (χ0n) is 12.3. The topological polar surface area (TPSA) is 63.2 Å². The summed E-state index contributed by atoms with van der Waals surface area (Å²) < 4.78 is 5.69. The number of hydrogen-bond donors (Lipinski definition) is 2. The van der Waals surface area contributed by atoms with Crippen molar-refractivity contribution in [2.75, 3.05) is 25.0 Å². The number of carbonyl (C=O) groups excluding carboxylic acids is 1. The van der Waals surface area contributed by atoms with Crippen molar-refractivity contribution in [3.05, 3.63) is 58.9 Å². The molecule has 2 N–H and O–H groups in total. The molecule has 23 heavy (non-hydrogen) atoms. The maximum absolute atomic E-state index is 12.1. The fourth-order valence-electron chi connectivity index (χ4n) is 2.30. The van der Waals surface area contributed by atoms with Gasteiger partial charge in [0.1, 0.15) is 0 Å². The van der Waals surface area contributed by atoms with E-state index in [4.69, 9.17) is 16.3 Å². The zero-order valence-corrected chi connectivity index (χ0v) is 13.9. The van der Waals surface area contributed by atoms with Gasteiger partial charge in [-0.25, -0.2) is 0 Å². The molecule has 2 heterocycles. The average Bonchev–Trinajstić information content (AvgIpc) is 2.56. The van der Waals surface area contributed by atoms with Gasteiger partial charge in [-0.3, -0.25) is 9.78 Å². The van der Waals surface area contributed by atoms with Gasteiger partial charge in [0.15, 0.2) is 0 Å². The van der Waals surface area contributed by atoms with Crippen LogP contribution in [-0.2, 0) is 4.74 Å². The van der Waals surface area contributed by atoms with Crippen LogP contribution in [0.1, 0.15) is 22.0 Å². The molecule has 0 saturated carbocycles. The van der Waals surface area contributed by atoms with Crippen LogP contribution in [-0.4, -0.2) is 30.6 Å². The highest BCUT2D eigenvalue weighted by Crippen LogP contribution is 2.21. The van der Waals surface area contributed by atoms with Crippen LogP contribution in [0.5, 0.6) is 0 Å². The SMILES string of the molecule is Cl.O=C(Nc1ccc(C2CNCCO2)cc1)c1cncc(Cl)c1. The molecule has 7 heteroatoms. The van der Waals surface area contributed by atoms with E-state index in [2.05, 4.69) is 15.6 Å². The van der Waals surface area contributed by atoms with Crippen LogP contribution in [0, 0.1) is 0 Å². The van der Waals surface area contributed by atoms with Crippen molar-refractivity contribution in [1.82, 2.24) is 10.3 Å². The third-order valence-electron chi connectivity index (χ3n) is 3.44. The Labute approximate surface area is 145 Å². The van der Waals surface area contributed by atoms with Crippen molar-refractivity contribution in [2.45, 2.75) is 6.10 Å². The van der Waals surface area contributed by atoms with E-state index in [0.29, 0.717) is 17.2 Å². The lowest BCUT2D eigenvalue weighted by atomic mass is 10.1. The second-order valence-electron chi connectivity index (χ2n) is 5.03. The second kappa shape index (κ2) is 8.26. The summed E-state index contributed by atoms with van der Waals surface area (Å²) in [5.74, 6) is -0.238. The van der Waals surface area contributed by atoms with Gasteiger partial charge < -0.3 is 15.4 Å². The van der Waals surface area contributed by atoms with E-state index in [1.165, 1.54) is 12.4 Å². The number of nitrogens with one attached hydrogen (secondary N) is 2.